The van der Waals surface area contributed by atoms with Gasteiger partial charge >= 0.3 is 0 Å². The van der Waals surface area contributed by atoms with E-state index >= 15 is 0 Å². The predicted molar refractivity (Wildman–Crippen MR) is 120 cm³/mol. The number of halogens is 1. The largest absolute Gasteiger partial charge is 0.496 e. The molecule has 7 nitrogen and oxygen atoms in total. The molecule has 0 unspecified atom stereocenters. The molecule has 0 radical (unpaired) electrons. The minimum absolute atomic E-state index is 0.0577. The van der Waals surface area contributed by atoms with Crippen molar-refractivity contribution in [1.82, 2.24) is 4.31 Å². The quantitative estimate of drug-likeness (QED) is 0.518. The molecule has 3 aromatic rings. The zero-order chi connectivity index (χ0) is 23.6. The van der Waals surface area contributed by atoms with Crippen molar-refractivity contribution in [3.05, 3.63) is 89.2 Å². The molecular weight excluding hydrogens is 447 g/mol. The SMILES string of the molecule is COc1ccc(C=O)cc1CN1CC(=O)N(Cc2ccccc2F)c2ccccc2S1(=O)=O. The standard InChI is InChI=1S/C24H21FN2O5S/c1-32-22-11-10-17(16-28)12-19(22)13-26-15-24(29)27(14-18-6-2-3-7-20(18)25)21-8-4-5-9-23(21)33(26,30)31/h2-12,16H,13-15H2,1H3. The summed E-state index contributed by atoms with van der Waals surface area (Å²) in [6.07, 6.45) is 0.649. The molecule has 0 aliphatic carbocycles. The Hall–Kier alpha value is -3.56. The van der Waals surface area contributed by atoms with Crippen LogP contribution in [-0.2, 0) is 27.9 Å². The molecule has 0 N–H and O–H groups in total. The molecule has 170 valence electrons. The van der Waals surface area contributed by atoms with Crippen molar-refractivity contribution in [2.75, 3.05) is 18.6 Å². The Labute approximate surface area is 191 Å². The van der Waals surface area contributed by atoms with Gasteiger partial charge in [-0.3, -0.25) is 9.59 Å². The molecule has 0 aromatic heterocycles. The van der Waals surface area contributed by atoms with Crippen LogP contribution in [0.5, 0.6) is 5.75 Å². The van der Waals surface area contributed by atoms with Gasteiger partial charge in [0.1, 0.15) is 22.7 Å². The van der Waals surface area contributed by atoms with E-state index in [1.165, 1.54) is 36.3 Å². The molecule has 0 fully saturated rings. The Morgan fingerprint density at radius 2 is 1.73 bits per heavy atom. The Kier molecular flexibility index (Phi) is 6.26. The summed E-state index contributed by atoms with van der Waals surface area (Å²) in [4.78, 5) is 25.7. The summed E-state index contributed by atoms with van der Waals surface area (Å²) >= 11 is 0. The molecule has 1 aliphatic heterocycles. The molecule has 0 spiro atoms. The number of hydrogen-bond acceptors (Lipinski definition) is 5. The highest BCUT2D eigenvalue weighted by Gasteiger charge is 2.37. The van der Waals surface area contributed by atoms with Crippen LogP contribution in [0.1, 0.15) is 21.5 Å². The van der Waals surface area contributed by atoms with Crippen molar-refractivity contribution in [1.29, 1.82) is 0 Å². The molecule has 33 heavy (non-hydrogen) atoms. The molecule has 1 amide bonds. The van der Waals surface area contributed by atoms with Gasteiger partial charge in [0.25, 0.3) is 0 Å². The maximum absolute atomic E-state index is 14.3. The average molecular weight is 469 g/mol. The fourth-order valence-electron chi connectivity index (χ4n) is 3.79. The highest BCUT2D eigenvalue weighted by molar-refractivity contribution is 7.89. The van der Waals surface area contributed by atoms with E-state index in [0.29, 0.717) is 23.2 Å². The number of rotatable bonds is 6. The van der Waals surface area contributed by atoms with E-state index in [-0.39, 0.29) is 29.2 Å². The van der Waals surface area contributed by atoms with E-state index in [1.807, 2.05) is 0 Å². The second kappa shape index (κ2) is 9.13. The number of anilines is 1. The number of sulfonamides is 1. The van der Waals surface area contributed by atoms with Gasteiger partial charge < -0.3 is 9.64 Å². The van der Waals surface area contributed by atoms with Crippen molar-refractivity contribution < 1.29 is 27.1 Å². The lowest BCUT2D eigenvalue weighted by Gasteiger charge is -2.22. The van der Waals surface area contributed by atoms with Gasteiger partial charge in [-0.05, 0) is 36.4 Å². The smallest absolute Gasteiger partial charge is 0.245 e. The number of amides is 1. The summed E-state index contributed by atoms with van der Waals surface area (Å²) in [5, 5.41) is 0. The molecule has 9 heteroatoms. The van der Waals surface area contributed by atoms with Gasteiger partial charge in [-0.2, -0.15) is 4.31 Å². The second-order valence-electron chi connectivity index (χ2n) is 7.50. The summed E-state index contributed by atoms with van der Waals surface area (Å²) in [6.45, 7) is -0.753. The van der Waals surface area contributed by atoms with Crippen LogP contribution in [0.15, 0.2) is 71.6 Å². The molecular formula is C24H21FN2O5S. The Balaban J connectivity index is 1.78. The predicted octanol–water partition coefficient (Wildman–Crippen LogP) is 3.38. The molecule has 0 saturated heterocycles. The monoisotopic (exact) mass is 468 g/mol. The van der Waals surface area contributed by atoms with Crippen molar-refractivity contribution in [3.8, 4) is 5.75 Å². The number of carbonyl (C=O) groups excluding carboxylic acids is 2. The van der Waals surface area contributed by atoms with Gasteiger partial charge in [-0.1, -0.05) is 30.3 Å². The van der Waals surface area contributed by atoms with E-state index in [0.717, 1.165) is 4.31 Å². The number of para-hydroxylation sites is 1. The Bertz CT molecular complexity index is 1330. The summed E-state index contributed by atoms with van der Waals surface area (Å²) in [6, 6.07) is 16.9. The first-order valence-corrected chi connectivity index (χ1v) is 11.5. The average Bonchev–Trinajstić information content (AvgIpc) is 2.89. The van der Waals surface area contributed by atoms with E-state index in [1.54, 1.807) is 42.5 Å². The number of fused-ring (bicyclic) bond motifs is 1. The number of nitrogens with zero attached hydrogens (tertiary/aromatic N) is 2. The first kappa shape index (κ1) is 22.6. The van der Waals surface area contributed by atoms with Crippen LogP contribution in [0.25, 0.3) is 0 Å². The molecule has 0 atom stereocenters. The fraction of sp³-hybridized carbons (Fsp3) is 0.167. The highest BCUT2D eigenvalue weighted by Crippen LogP contribution is 2.34. The number of carbonyl (C=O) groups is 2. The molecule has 3 aromatic carbocycles. The number of ether oxygens (including phenoxy) is 1. The summed E-state index contributed by atoms with van der Waals surface area (Å²) < 4.78 is 47.8. The maximum Gasteiger partial charge on any atom is 0.245 e. The molecule has 1 heterocycles. The zero-order valence-corrected chi connectivity index (χ0v) is 18.6. The maximum atomic E-state index is 14.3. The minimum atomic E-state index is -4.10. The van der Waals surface area contributed by atoms with Crippen LogP contribution < -0.4 is 9.64 Å². The van der Waals surface area contributed by atoms with Crippen molar-refractivity contribution >= 4 is 27.9 Å². The number of benzene rings is 3. The van der Waals surface area contributed by atoms with Gasteiger partial charge in [0, 0.05) is 23.2 Å². The zero-order valence-electron chi connectivity index (χ0n) is 17.8. The Morgan fingerprint density at radius 1 is 1.00 bits per heavy atom. The van der Waals surface area contributed by atoms with Crippen molar-refractivity contribution in [3.63, 3.8) is 0 Å². The van der Waals surface area contributed by atoms with Gasteiger partial charge in [0.05, 0.1) is 25.9 Å². The van der Waals surface area contributed by atoms with E-state index in [2.05, 4.69) is 0 Å². The first-order valence-electron chi connectivity index (χ1n) is 10.1. The highest BCUT2D eigenvalue weighted by atomic mass is 32.2. The van der Waals surface area contributed by atoms with Crippen LogP contribution in [0.4, 0.5) is 10.1 Å². The molecule has 0 saturated carbocycles. The summed E-state index contributed by atoms with van der Waals surface area (Å²) in [5.74, 6) is -0.594. The van der Waals surface area contributed by atoms with Gasteiger partial charge in [0.15, 0.2) is 0 Å². The Morgan fingerprint density at radius 3 is 2.45 bits per heavy atom. The summed E-state index contributed by atoms with van der Waals surface area (Å²) in [5.41, 5.74) is 1.25. The number of methoxy groups -OCH3 is 1. The van der Waals surface area contributed by atoms with Crippen LogP contribution >= 0.6 is 0 Å². The van der Waals surface area contributed by atoms with Gasteiger partial charge in [-0.25, -0.2) is 12.8 Å². The lowest BCUT2D eigenvalue weighted by Crippen LogP contribution is -2.39. The van der Waals surface area contributed by atoms with Gasteiger partial charge in [-0.15, -0.1) is 0 Å². The van der Waals surface area contributed by atoms with E-state index in [4.69, 9.17) is 4.74 Å². The molecule has 0 bridgehead atoms. The first-order chi connectivity index (χ1) is 15.8. The minimum Gasteiger partial charge on any atom is -0.496 e. The number of aldehydes is 1. The third-order valence-corrected chi connectivity index (χ3v) is 7.30. The fourth-order valence-corrected chi connectivity index (χ4v) is 5.35. The normalized spacial score (nSPS) is 15.6. The van der Waals surface area contributed by atoms with Crippen LogP contribution in [0, 0.1) is 5.82 Å². The van der Waals surface area contributed by atoms with Crippen molar-refractivity contribution in [2.45, 2.75) is 18.0 Å². The van der Waals surface area contributed by atoms with E-state index in [9.17, 15) is 22.4 Å². The number of hydrogen-bond donors (Lipinski definition) is 0. The third kappa shape index (κ3) is 4.37. The lowest BCUT2D eigenvalue weighted by atomic mass is 10.1. The topological polar surface area (TPSA) is 84.0 Å². The van der Waals surface area contributed by atoms with Crippen molar-refractivity contribution in [2.24, 2.45) is 0 Å². The molecule has 4 rings (SSSR count). The van der Waals surface area contributed by atoms with Crippen LogP contribution in [0.3, 0.4) is 0 Å². The molecule has 1 aliphatic rings. The third-order valence-electron chi connectivity index (χ3n) is 5.46. The van der Waals surface area contributed by atoms with Crippen LogP contribution in [0.2, 0.25) is 0 Å². The van der Waals surface area contributed by atoms with Gasteiger partial charge in [0.2, 0.25) is 15.9 Å². The van der Waals surface area contributed by atoms with Crippen LogP contribution in [-0.4, -0.2) is 38.6 Å². The van der Waals surface area contributed by atoms with E-state index < -0.39 is 28.3 Å². The lowest BCUT2D eigenvalue weighted by molar-refractivity contribution is -0.119. The second-order valence-corrected chi connectivity index (χ2v) is 9.41. The summed E-state index contributed by atoms with van der Waals surface area (Å²) in [7, 11) is -2.66.